The van der Waals surface area contributed by atoms with Crippen molar-refractivity contribution < 1.29 is 0 Å². The lowest BCUT2D eigenvalue weighted by atomic mass is 9.92. The standard InChI is InChI=1S/C12H15N/c1-13-12-10-6-7-11(12)9-5-3-2-4-8(9)10/h2-5,10-13H,6-7H2,1H3/t10-,11?,12?/m0/s1. The molecule has 1 nitrogen and oxygen atoms in total. The Bertz CT molecular complexity index is 301. The van der Waals surface area contributed by atoms with Gasteiger partial charge in [0, 0.05) is 17.9 Å². The van der Waals surface area contributed by atoms with Crippen molar-refractivity contribution in [2.24, 2.45) is 0 Å². The number of nitrogens with one attached hydrogen (secondary N) is 1. The molecule has 0 spiro atoms. The van der Waals surface area contributed by atoms with Crippen LogP contribution in [-0.4, -0.2) is 13.1 Å². The van der Waals surface area contributed by atoms with Gasteiger partial charge in [-0.3, -0.25) is 0 Å². The fraction of sp³-hybridized carbons (Fsp3) is 0.500. The van der Waals surface area contributed by atoms with E-state index in [-0.39, 0.29) is 0 Å². The van der Waals surface area contributed by atoms with Crippen LogP contribution in [0.5, 0.6) is 0 Å². The molecule has 2 aliphatic carbocycles. The number of hydrogen-bond acceptors (Lipinski definition) is 1. The maximum atomic E-state index is 3.47. The van der Waals surface area contributed by atoms with Gasteiger partial charge in [0.25, 0.3) is 0 Å². The fourth-order valence-corrected chi connectivity index (χ4v) is 3.29. The van der Waals surface area contributed by atoms with Crippen molar-refractivity contribution in [2.75, 3.05) is 7.05 Å². The smallest absolute Gasteiger partial charge is 0.0202 e. The van der Waals surface area contributed by atoms with E-state index in [1.54, 1.807) is 11.1 Å². The van der Waals surface area contributed by atoms with E-state index in [1.165, 1.54) is 12.8 Å². The molecule has 2 aliphatic rings. The minimum atomic E-state index is 0.720. The summed E-state index contributed by atoms with van der Waals surface area (Å²) in [5.74, 6) is 1.59. The van der Waals surface area contributed by atoms with Gasteiger partial charge in [0.2, 0.25) is 0 Å². The van der Waals surface area contributed by atoms with Crippen LogP contribution in [0, 0.1) is 0 Å². The van der Waals surface area contributed by atoms with Crippen molar-refractivity contribution in [3.8, 4) is 0 Å². The van der Waals surface area contributed by atoms with E-state index in [0.29, 0.717) is 0 Å². The maximum Gasteiger partial charge on any atom is 0.0202 e. The van der Waals surface area contributed by atoms with Gasteiger partial charge in [-0.1, -0.05) is 24.3 Å². The zero-order valence-electron chi connectivity index (χ0n) is 7.96. The summed E-state index contributed by atoms with van der Waals surface area (Å²) in [5, 5.41) is 3.47. The van der Waals surface area contributed by atoms with Crippen LogP contribution in [-0.2, 0) is 0 Å². The highest BCUT2D eigenvalue weighted by Gasteiger charge is 2.44. The molecule has 13 heavy (non-hydrogen) atoms. The van der Waals surface area contributed by atoms with Crippen molar-refractivity contribution in [1.29, 1.82) is 0 Å². The Labute approximate surface area is 79.2 Å². The molecule has 1 fully saturated rings. The quantitative estimate of drug-likeness (QED) is 0.687. The Hall–Kier alpha value is -0.820. The van der Waals surface area contributed by atoms with E-state index in [4.69, 9.17) is 0 Å². The molecule has 0 radical (unpaired) electrons. The SMILES string of the molecule is CNC1C2CC[C@H]1c1ccccc12. The molecule has 1 saturated carbocycles. The lowest BCUT2D eigenvalue weighted by molar-refractivity contribution is 0.520. The zero-order chi connectivity index (χ0) is 8.84. The molecule has 0 aromatic heterocycles. The van der Waals surface area contributed by atoms with Gasteiger partial charge in [0.15, 0.2) is 0 Å². The molecule has 2 unspecified atom stereocenters. The lowest BCUT2D eigenvalue weighted by Crippen LogP contribution is -2.27. The Kier molecular flexibility index (Phi) is 1.50. The van der Waals surface area contributed by atoms with Crippen LogP contribution in [0.4, 0.5) is 0 Å². The van der Waals surface area contributed by atoms with Crippen molar-refractivity contribution in [1.82, 2.24) is 5.32 Å². The summed E-state index contributed by atoms with van der Waals surface area (Å²) in [6.07, 6.45) is 2.76. The van der Waals surface area contributed by atoms with Gasteiger partial charge in [-0.2, -0.15) is 0 Å². The summed E-state index contributed by atoms with van der Waals surface area (Å²) in [6.45, 7) is 0. The number of hydrogen-bond donors (Lipinski definition) is 1. The summed E-state index contributed by atoms with van der Waals surface area (Å²) in [7, 11) is 2.10. The van der Waals surface area contributed by atoms with Crippen LogP contribution in [0.2, 0.25) is 0 Å². The van der Waals surface area contributed by atoms with E-state index < -0.39 is 0 Å². The predicted octanol–water partition coefficient (Wildman–Crippen LogP) is 2.25. The van der Waals surface area contributed by atoms with Crippen LogP contribution >= 0.6 is 0 Å². The van der Waals surface area contributed by atoms with Crippen molar-refractivity contribution >= 4 is 0 Å². The first-order valence-corrected chi connectivity index (χ1v) is 5.18. The molecular weight excluding hydrogens is 158 g/mol. The van der Waals surface area contributed by atoms with Crippen LogP contribution < -0.4 is 5.32 Å². The van der Waals surface area contributed by atoms with E-state index in [9.17, 15) is 0 Å². The van der Waals surface area contributed by atoms with E-state index in [0.717, 1.165) is 17.9 Å². The number of rotatable bonds is 1. The molecule has 3 rings (SSSR count). The first-order chi connectivity index (χ1) is 6.42. The molecule has 2 bridgehead atoms. The van der Waals surface area contributed by atoms with E-state index in [2.05, 4.69) is 36.6 Å². The molecule has 1 aromatic rings. The van der Waals surface area contributed by atoms with Crippen LogP contribution in [0.3, 0.4) is 0 Å². The Morgan fingerprint density at radius 1 is 1.08 bits per heavy atom. The first kappa shape index (κ1) is 7.57. The minimum absolute atomic E-state index is 0.720. The summed E-state index contributed by atoms with van der Waals surface area (Å²) in [5.41, 5.74) is 3.22. The highest BCUT2D eigenvalue weighted by molar-refractivity contribution is 5.44. The van der Waals surface area contributed by atoms with Crippen LogP contribution in [0.1, 0.15) is 35.8 Å². The molecule has 1 aromatic carbocycles. The van der Waals surface area contributed by atoms with E-state index in [1.807, 2.05) is 0 Å². The molecule has 1 heteroatoms. The van der Waals surface area contributed by atoms with Crippen molar-refractivity contribution in [3.63, 3.8) is 0 Å². The fourth-order valence-electron chi connectivity index (χ4n) is 3.29. The molecule has 68 valence electrons. The second-order valence-electron chi connectivity index (χ2n) is 4.23. The topological polar surface area (TPSA) is 12.0 Å². The highest BCUT2D eigenvalue weighted by Crippen LogP contribution is 2.52. The third kappa shape index (κ3) is 0.856. The second kappa shape index (κ2) is 2.58. The van der Waals surface area contributed by atoms with Gasteiger partial charge >= 0.3 is 0 Å². The second-order valence-corrected chi connectivity index (χ2v) is 4.23. The normalized spacial score (nSPS) is 35.0. The average Bonchev–Trinajstić information content (AvgIpc) is 2.73. The lowest BCUT2D eigenvalue weighted by Gasteiger charge is -2.13. The van der Waals surface area contributed by atoms with Crippen LogP contribution in [0.15, 0.2) is 24.3 Å². The summed E-state index contributed by atoms with van der Waals surface area (Å²) >= 11 is 0. The Morgan fingerprint density at radius 3 is 2.08 bits per heavy atom. The Morgan fingerprint density at radius 2 is 1.62 bits per heavy atom. The molecule has 0 heterocycles. The molecule has 3 atom stereocenters. The average molecular weight is 173 g/mol. The van der Waals surface area contributed by atoms with Gasteiger partial charge in [-0.25, -0.2) is 0 Å². The molecule has 1 N–H and O–H groups in total. The van der Waals surface area contributed by atoms with Gasteiger partial charge in [-0.05, 0) is 31.0 Å². The summed E-state index contributed by atoms with van der Waals surface area (Å²) in [6, 6.07) is 9.68. The van der Waals surface area contributed by atoms with Crippen molar-refractivity contribution in [2.45, 2.75) is 30.7 Å². The predicted molar refractivity (Wildman–Crippen MR) is 54.0 cm³/mol. The highest BCUT2D eigenvalue weighted by atomic mass is 14.9. The van der Waals surface area contributed by atoms with Crippen molar-refractivity contribution in [3.05, 3.63) is 35.4 Å². The Balaban J connectivity index is 2.12. The number of fused-ring (bicyclic) bond motifs is 5. The summed E-state index contributed by atoms with van der Waals surface area (Å²) < 4.78 is 0. The zero-order valence-corrected chi connectivity index (χ0v) is 7.96. The van der Waals surface area contributed by atoms with Gasteiger partial charge in [0.05, 0.1) is 0 Å². The maximum absolute atomic E-state index is 3.47. The number of benzene rings is 1. The molecule has 0 saturated heterocycles. The third-order valence-electron chi connectivity index (χ3n) is 3.78. The molecular formula is C12H15N. The summed E-state index contributed by atoms with van der Waals surface area (Å²) in [4.78, 5) is 0. The first-order valence-electron chi connectivity index (χ1n) is 5.18. The van der Waals surface area contributed by atoms with Gasteiger partial charge < -0.3 is 5.32 Å². The monoisotopic (exact) mass is 173 g/mol. The van der Waals surface area contributed by atoms with E-state index >= 15 is 0 Å². The van der Waals surface area contributed by atoms with Gasteiger partial charge in [-0.15, -0.1) is 0 Å². The molecule has 0 aliphatic heterocycles. The number of likely N-dealkylation sites (N-methyl/N-ethyl adjacent to an activating group) is 1. The molecule has 0 amide bonds. The third-order valence-corrected chi connectivity index (χ3v) is 3.78. The minimum Gasteiger partial charge on any atom is -0.316 e. The largest absolute Gasteiger partial charge is 0.316 e. The van der Waals surface area contributed by atoms with Gasteiger partial charge in [0.1, 0.15) is 0 Å². The van der Waals surface area contributed by atoms with Crippen LogP contribution in [0.25, 0.3) is 0 Å².